The van der Waals surface area contributed by atoms with Crippen molar-refractivity contribution in [1.82, 2.24) is 20.0 Å². The summed E-state index contributed by atoms with van der Waals surface area (Å²) in [5.74, 6) is 1.95. The SMILES string of the molecule is COc1cc2nc(N3CCN(C(=O)c4conc4C)CC3)nc(N)c2cc1OC.Cl. The fourth-order valence-electron chi connectivity index (χ4n) is 3.39. The molecule has 1 saturated heterocycles. The molecule has 3 heterocycles. The Kier molecular flexibility index (Phi) is 6.16. The number of aromatic nitrogens is 3. The van der Waals surface area contributed by atoms with Gasteiger partial charge < -0.3 is 29.5 Å². The molecular weight excluding hydrogens is 412 g/mol. The molecule has 1 aromatic carbocycles. The number of hydrogen-bond donors (Lipinski definition) is 1. The average molecular weight is 435 g/mol. The average Bonchev–Trinajstić information content (AvgIpc) is 3.18. The number of carbonyl (C=O) groups is 1. The molecule has 11 heteroatoms. The normalized spacial score (nSPS) is 13.8. The standard InChI is InChI=1S/C19H22N6O4.ClH/c1-11-13(10-29-23-11)18(26)24-4-6-25(7-5-24)19-21-14-9-16(28-3)15(27-2)8-12(14)17(20)22-19;/h8-10H,4-7H2,1-3H3,(H2,20,21,22);1H. The molecule has 0 unspecified atom stereocenters. The van der Waals surface area contributed by atoms with Crippen LogP contribution in [0.5, 0.6) is 11.5 Å². The largest absolute Gasteiger partial charge is 0.493 e. The molecular formula is C19H23ClN6O4. The summed E-state index contributed by atoms with van der Waals surface area (Å²) in [4.78, 5) is 25.5. The highest BCUT2D eigenvalue weighted by atomic mass is 35.5. The maximum atomic E-state index is 12.6. The summed E-state index contributed by atoms with van der Waals surface area (Å²) in [5.41, 5.74) is 7.93. The quantitative estimate of drug-likeness (QED) is 0.656. The van der Waals surface area contributed by atoms with Crippen molar-refractivity contribution in [3.05, 3.63) is 29.7 Å². The van der Waals surface area contributed by atoms with Gasteiger partial charge in [0.05, 0.1) is 25.4 Å². The topological polar surface area (TPSA) is 120 Å². The van der Waals surface area contributed by atoms with Crippen LogP contribution in [0.4, 0.5) is 11.8 Å². The third-order valence-electron chi connectivity index (χ3n) is 5.05. The lowest BCUT2D eigenvalue weighted by Crippen LogP contribution is -2.49. The van der Waals surface area contributed by atoms with Gasteiger partial charge in [-0.15, -0.1) is 12.4 Å². The van der Waals surface area contributed by atoms with Gasteiger partial charge in [-0.3, -0.25) is 4.79 Å². The molecule has 0 bridgehead atoms. The van der Waals surface area contributed by atoms with Crippen LogP contribution in [0, 0.1) is 6.92 Å². The van der Waals surface area contributed by atoms with Crippen molar-refractivity contribution in [1.29, 1.82) is 0 Å². The third kappa shape index (κ3) is 3.78. The van der Waals surface area contributed by atoms with Gasteiger partial charge in [-0.1, -0.05) is 5.16 Å². The first-order valence-corrected chi connectivity index (χ1v) is 9.16. The summed E-state index contributed by atoms with van der Waals surface area (Å²) in [6.07, 6.45) is 1.39. The second-order valence-corrected chi connectivity index (χ2v) is 6.73. The number of nitrogen functional groups attached to an aromatic ring is 1. The lowest BCUT2D eigenvalue weighted by molar-refractivity contribution is 0.0745. The van der Waals surface area contributed by atoms with Crippen molar-refractivity contribution >= 4 is 41.0 Å². The van der Waals surface area contributed by atoms with Gasteiger partial charge in [0.25, 0.3) is 5.91 Å². The Morgan fingerprint density at radius 3 is 2.37 bits per heavy atom. The zero-order valence-electron chi connectivity index (χ0n) is 16.9. The van der Waals surface area contributed by atoms with Crippen LogP contribution in [0.3, 0.4) is 0 Å². The van der Waals surface area contributed by atoms with E-state index in [-0.39, 0.29) is 18.3 Å². The number of hydrogen-bond acceptors (Lipinski definition) is 9. The van der Waals surface area contributed by atoms with E-state index < -0.39 is 0 Å². The Morgan fingerprint density at radius 1 is 1.10 bits per heavy atom. The minimum atomic E-state index is -0.0841. The van der Waals surface area contributed by atoms with Crippen LogP contribution in [0.1, 0.15) is 16.1 Å². The number of benzene rings is 1. The van der Waals surface area contributed by atoms with Crippen LogP contribution < -0.4 is 20.1 Å². The van der Waals surface area contributed by atoms with Gasteiger partial charge in [0.2, 0.25) is 5.95 Å². The van der Waals surface area contributed by atoms with Crippen LogP contribution >= 0.6 is 12.4 Å². The molecule has 0 saturated carbocycles. The molecule has 0 spiro atoms. The van der Waals surface area contributed by atoms with E-state index in [0.29, 0.717) is 71.6 Å². The number of halogens is 1. The van der Waals surface area contributed by atoms with Crippen molar-refractivity contribution in [2.75, 3.05) is 51.0 Å². The molecule has 0 atom stereocenters. The van der Waals surface area contributed by atoms with E-state index in [0.717, 1.165) is 0 Å². The Bertz CT molecular complexity index is 1060. The van der Waals surface area contributed by atoms with E-state index in [1.54, 1.807) is 38.2 Å². The molecule has 30 heavy (non-hydrogen) atoms. The molecule has 1 aliphatic heterocycles. The Hall–Kier alpha value is -3.27. The molecule has 1 aliphatic rings. The molecule has 10 nitrogen and oxygen atoms in total. The summed E-state index contributed by atoms with van der Waals surface area (Å²) in [5, 5.41) is 4.47. The van der Waals surface area contributed by atoms with Crippen molar-refractivity contribution < 1.29 is 18.8 Å². The molecule has 2 N–H and O–H groups in total. The highest BCUT2D eigenvalue weighted by molar-refractivity contribution is 5.95. The fourth-order valence-corrected chi connectivity index (χ4v) is 3.39. The van der Waals surface area contributed by atoms with Gasteiger partial charge in [-0.25, -0.2) is 4.98 Å². The molecule has 0 aliphatic carbocycles. The molecule has 2 aromatic heterocycles. The summed E-state index contributed by atoms with van der Waals surface area (Å²) >= 11 is 0. The summed E-state index contributed by atoms with van der Waals surface area (Å²) in [6.45, 7) is 4.01. The lowest BCUT2D eigenvalue weighted by atomic mass is 10.2. The van der Waals surface area contributed by atoms with Crippen molar-refractivity contribution in [3.63, 3.8) is 0 Å². The number of nitrogens with zero attached hydrogens (tertiary/aromatic N) is 5. The van der Waals surface area contributed by atoms with Crippen LogP contribution in [-0.4, -0.2) is 66.3 Å². The third-order valence-corrected chi connectivity index (χ3v) is 5.05. The predicted molar refractivity (Wildman–Crippen MR) is 114 cm³/mol. The number of rotatable bonds is 4. The predicted octanol–water partition coefficient (Wildman–Crippen LogP) is 1.91. The number of methoxy groups -OCH3 is 2. The number of piperazine rings is 1. The Balaban J connectivity index is 0.00000256. The molecule has 1 fully saturated rings. The van der Waals surface area contributed by atoms with Gasteiger partial charge in [0.15, 0.2) is 11.5 Å². The number of ether oxygens (including phenoxy) is 2. The molecule has 4 rings (SSSR count). The number of nitrogens with two attached hydrogens (primary N) is 1. The Morgan fingerprint density at radius 2 is 1.77 bits per heavy atom. The number of fused-ring (bicyclic) bond motifs is 1. The van der Waals surface area contributed by atoms with Gasteiger partial charge >= 0.3 is 0 Å². The van der Waals surface area contributed by atoms with E-state index >= 15 is 0 Å². The van der Waals surface area contributed by atoms with Crippen LogP contribution in [-0.2, 0) is 0 Å². The molecule has 160 valence electrons. The van der Waals surface area contributed by atoms with Crippen LogP contribution in [0.2, 0.25) is 0 Å². The summed E-state index contributed by atoms with van der Waals surface area (Å²) in [7, 11) is 3.14. The second-order valence-electron chi connectivity index (χ2n) is 6.73. The van der Waals surface area contributed by atoms with Crippen LogP contribution in [0.25, 0.3) is 10.9 Å². The van der Waals surface area contributed by atoms with Gasteiger partial charge in [0.1, 0.15) is 17.6 Å². The molecule has 0 radical (unpaired) electrons. The first kappa shape index (κ1) is 21.4. The van der Waals surface area contributed by atoms with Gasteiger partial charge in [0, 0.05) is 37.6 Å². The van der Waals surface area contributed by atoms with Gasteiger partial charge in [-0.05, 0) is 13.0 Å². The minimum absolute atomic E-state index is 0. The van der Waals surface area contributed by atoms with Crippen molar-refractivity contribution in [3.8, 4) is 11.5 Å². The van der Waals surface area contributed by atoms with E-state index in [1.807, 2.05) is 4.90 Å². The Labute approximate surface area is 179 Å². The summed E-state index contributed by atoms with van der Waals surface area (Å²) < 4.78 is 15.6. The summed E-state index contributed by atoms with van der Waals surface area (Å²) in [6, 6.07) is 3.55. The fraction of sp³-hybridized carbons (Fsp3) is 0.368. The van der Waals surface area contributed by atoms with Crippen molar-refractivity contribution in [2.45, 2.75) is 6.92 Å². The smallest absolute Gasteiger partial charge is 0.259 e. The monoisotopic (exact) mass is 434 g/mol. The second kappa shape index (κ2) is 8.62. The number of aryl methyl sites for hydroxylation is 1. The molecule has 1 amide bonds. The zero-order chi connectivity index (χ0) is 20.5. The van der Waals surface area contributed by atoms with Crippen LogP contribution in [0.15, 0.2) is 22.9 Å². The minimum Gasteiger partial charge on any atom is -0.493 e. The number of carbonyl (C=O) groups excluding carboxylic acids is 1. The van der Waals surface area contributed by atoms with Gasteiger partial charge in [-0.2, -0.15) is 4.98 Å². The lowest BCUT2D eigenvalue weighted by Gasteiger charge is -2.34. The van der Waals surface area contributed by atoms with E-state index in [1.165, 1.54) is 6.26 Å². The van der Waals surface area contributed by atoms with E-state index in [2.05, 4.69) is 15.1 Å². The van der Waals surface area contributed by atoms with E-state index in [9.17, 15) is 4.79 Å². The number of amides is 1. The molecule has 3 aromatic rings. The first-order chi connectivity index (χ1) is 14.0. The highest BCUT2D eigenvalue weighted by Crippen LogP contribution is 2.34. The number of anilines is 2. The maximum Gasteiger partial charge on any atom is 0.259 e. The zero-order valence-corrected chi connectivity index (χ0v) is 17.7. The first-order valence-electron chi connectivity index (χ1n) is 9.16. The maximum absolute atomic E-state index is 12.6. The van der Waals surface area contributed by atoms with Crippen molar-refractivity contribution in [2.24, 2.45) is 0 Å². The highest BCUT2D eigenvalue weighted by Gasteiger charge is 2.26. The van der Waals surface area contributed by atoms with E-state index in [4.69, 9.17) is 19.7 Å².